The Hall–Kier alpha value is -1.31. The van der Waals surface area contributed by atoms with Gasteiger partial charge in [0.05, 0.1) is 27.1 Å². The Labute approximate surface area is 171 Å². The van der Waals surface area contributed by atoms with Gasteiger partial charge in [0.15, 0.2) is 0 Å². The normalized spacial score (nSPS) is 13.2. The number of halogens is 2. The Morgan fingerprint density at radius 3 is 2.19 bits per heavy atom. The zero-order chi connectivity index (χ0) is 20.2. The first-order valence-corrected chi connectivity index (χ1v) is 10.7. The summed E-state index contributed by atoms with van der Waals surface area (Å²) in [6, 6.07) is 11.0. The Morgan fingerprint density at radius 2 is 1.67 bits per heavy atom. The van der Waals surface area contributed by atoms with E-state index in [0.29, 0.717) is 22.3 Å². The van der Waals surface area contributed by atoms with Crippen molar-refractivity contribution in [2.75, 3.05) is 20.6 Å². The fourth-order valence-corrected chi connectivity index (χ4v) is 4.05. The Bertz CT molecular complexity index is 869. The number of benzene rings is 2. The van der Waals surface area contributed by atoms with Gasteiger partial charge < -0.3 is 9.64 Å². The number of hydrogen-bond acceptors (Lipinski definition) is 4. The van der Waals surface area contributed by atoms with Crippen molar-refractivity contribution < 1.29 is 13.2 Å². The number of nitrogens with one attached hydrogen (secondary N) is 1. The van der Waals surface area contributed by atoms with Crippen LogP contribution in [0.3, 0.4) is 0 Å². The maximum Gasteiger partial charge on any atom is 0.241 e. The maximum absolute atomic E-state index is 12.9. The van der Waals surface area contributed by atoms with E-state index >= 15 is 0 Å². The van der Waals surface area contributed by atoms with E-state index in [4.69, 9.17) is 27.9 Å². The van der Waals surface area contributed by atoms with Crippen LogP contribution in [-0.4, -0.2) is 40.1 Å². The molecule has 0 amide bonds. The zero-order valence-electron chi connectivity index (χ0n) is 15.7. The molecule has 27 heavy (non-hydrogen) atoms. The van der Waals surface area contributed by atoms with Crippen LogP contribution < -0.4 is 9.46 Å². The number of hydrogen-bond donors (Lipinski definition) is 1. The van der Waals surface area contributed by atoms with Crippen molar-refractivity contribution in [1.29, 1.82) is 0 Å². The van der Waals surface area contributed by atoms with Gasteiger partial charge in [0.1, 0.15) is 5.75 Å². The first-order valence-electron chi connectivity index (χ1n) is 8.47. The minimum atomic E-state index is -3.73. The highest BCUT2D eigenvalue weighted by atomic mass is 35.5. The van der Waals surface area contributed by atoms with Gasteiger partial charge in [-0.25, -0.2) is 13.1 Å². The Balaban J connectivity index is 2.28. The fourth-order valence-electron chi connectivity index (χ4n) is 2.53. The molecule has 0 heterocycles. The van der Waals surface area contributed by atoms with Crippen LogP contribution in [-0.2, 0) is 10.0 Å². The van der Waals surface area contributed by atoms with Crippen molar-refractivity contribution in [2.24, 2.45) is 0 Å². The van der Waals surface area contributed by atoms with Crippen LogP contribution >= 0.6 is 23.2 Å². The second-order valence-electron chi connectivity index (χ2n) is 6.75. The molecular weight excluding hydrogens is 407 g/mol. The average molecular weight is 431 g/mol. The summed E-state index contributed by atoms with van der Waals surface area (Å²) in [5, 5.41) is 0.805. The summed E-state index contributed by atoms with van der Waals surface area (Å²) in [6.07, 6.45) is 0.0182. The minimum absolute atomic E-state index is 0.0182. The van der Waals surface area contributed by atoms with Crippen molar-refractivity contribution in [3.8, 4) is 5.75 Å². The van der Waals surface area contributed by atoms with Crippen LogP contribution in [0.4, 0.5) is 0 Å². The molecule has 8 heteroatoms. The molecule has 148 valence electrons. The van der Waals surface area contributed by atoms with Gasteiger partial charge in [-0.2, -0.15) is 0 Å². The van der Waals surface area contributed by atoms with Crippen molar-refractivity contribution in [3.63, 3.8) is 0 Å². The summed E-state index contributed by atoms with van der Waals surface area (Å²) >= 11 is 12.1. The lowest BCUT2D eigenvalue weighted by atomic mass is 10.1. The lowest BCUT2D eigenvalue weighted by Gasteiger charge is -2.23. The van der Waals surface area contributed by atoms with E-state index in [1.165, 1.54) is 12.1 Å². The van der Waals surface area contributed by atoms with Gasteiger partial charge in [0.2, 0.25) is 10.0 Å². The Morgan fingerprint density at radius 1 is 1.04 bits per heavy atom. The summed E-state index contributed by atoms with van der Waals surface area (Å²) in [7, 11) is 0.0140. The van der Waals surface area contributed by atoms with E-state index in [9.17, 15) is 8.42 Å². The molecule has 0 aromatic heterocycles. The first-order chi connectivity index (χ1) is 12.6. The number of rotatable bonds is 8. The predicted octanol–water partition coefficient (Wildman–Crippen LogP) is 4.36. The number of ether oxygens (including phenoxy) is 1. The van der Waals surface area contributed by atoms with E-state index in [2.05, 4.69) is 4.72 Å². The van der Waals surface area contributed by atoms with Crippen LogP contribution in [0, 0.1) is 0 Å². The smallest absolute Gasteiger partial charge is 0.241 e. The van der Waals surface area contributed by atoms with Crippen LogP contribution in [0.25, 0.3) is 0 Å². The lowest BCUT2D eigenvalue weighted by Crippen LogP contribution is -2.35. The van der Waals surface area contributed by atoms with E-state index in [0.717, 1.165) is 5.56 Å². The van der Waals surface area contributed by atoms with Gasteiger partial charge >= 0.3 is 0 Å². The van der Waals surface area contributed by atoms with Crippen LogP contribution in [0.1, 0.15) is 25.5 Å². The molecule has 0 saturated carbocycles. The topological polar surface area (TPSA) is 58.6 Å². The van der Waals surface area contributed by atoms with Crippen LogP contribution in [0.5, 0.6) is 5.75 Å². The van der Waals surface area contributed by atoms with Gasteiger partial charge in [-0.05, 0) is 69.9 Å². The average Bonchev–Trinajstić information content (AvgIpc) is 2.56. The second-order valence-corrected chi connectivity index (χ2v) is 9.28. The molecule has 0 bridgehead atoms. The van der Waals surface area contributed by atoms with Gasteiger partial charge in [-0.15, -0.1) is 0 Å². The molecule has 2 aromatic carbocycles. The summed E-state index contributed by atoms with van der Waals surface area (Å²) in [4.78, 5) is 2.07. The van der Waals surface area contributed by atoms with Crippen LogP contribution in [0.15, 0.2) is 47.4 Å². The van der Waals surface area contributed by atoms with Crippen molar-refractivity contribution in [2.45, 2.75) is 30.9 Å². The minimum Gasteiger partial charge on any atom is -0.491 e. The zero-order valence-corrected chi connectivity index (χ0v) is 18.1. The van der Waals surface area contributed by atoms with Crippen LogP contribution in [0.2, 0.25) is 10.0 Å². The van der Waals surface area contributed by atoms with Crippen molar-refractivity contribution in [1.82, 2.24) is 9.62 Å². The van der Waals surface area contributed by atoms with E-state index in [-0.39, 0.29) is 11.0 Å². The standard InChI is InChI=1S/C19H24Cl2N2O3S/c1-13(2)26-15-6-8-16(9-7-15)27(24,25)22-19(12-23(3)4)14-5-10-17(20)18(21)11-14/h5-11,13,19,22H,12H2,1-4H3. The number of sulfonamides is 1. The molecule has 0 saturated heterocycles. The molecule has 1 N–H and O–H groups in total. The van der Waals surface area contributed by atoms with Gasteiger partial charge in [-0.3, -0.25) is 0 Å². The molecule has 0 aliphatic rings. The van der Waals surface area contributed by atoms with Crippen molar-refractivity contribution >= 4 is 33.2 Å². The highest BCUT2D eigenvalue weighted by Crippen LogP contribution is 2.27. The summed E-state index contributed by atoms with van der Waals surface area (Å²) in [6.45, 7) is 4.29. The molecule has 0 radical (unpaired) electrons. The summed E-state index contributed by atoms with van der Waals surface area (Å²) in [5.41, 5.74) is 0.737. The highest BCUT2D eigenvalue weighted by Gasteiger charge is 2.23. The third kappa shape index (κ3) is 6.36. The van der Waals surface area contributed by atoms with E-state index < -0.39 is 16.1 Å². The van der Waals surface area contributed by atoms with Crippen molar-refractivity contribution in [3.05, 3.63) is 58.1 Å². The molecule has 2 rings (SSSR count). The summed E-state index contributed by atoms with van der Waals surface area (Å²) < 4.78 is 34.0. The molecule has 0 aliphatic carbocycles. The predicted molar refractivity (Wildman–Crippen MR) is 110 cm³/mol. The molecule has 0 aliphatic heterocycles. The monoisotopic (exact) mass is 430 g/mol. The van der Waals surface area contributed by atoms with E-state index in [1.54, 1.807) is 30.3 Å². The third-order valence-electron chi connectivity index (χ3n) is 3.70. The third-order valence-corrected chi connectivity index (χ3v) is 5.92. The molecule has 0 spiro atoms. The second kappa shape index (κ2) is 9.26. The number of nitrogens with zero attached hydrogens (tertiary/aromatic N) is 1. The first kappa shape index (κ1) is 22.0. The van der Waals surface area contributed by atoms with Gasteiger partial charge in [-0.1, -0.05) is 29.3 Å². The molecule has 5 nitrogen and oxygen atoms in total. The largest absolute Gasteiger partial charge is 0.491 e. The number of likely N-dealkylation sites (N-methyl/N-ethyl adjacent to an activating group) is 1. The molecule has 1 atom stereocenters. The van der Waals surface area contributed by atoms with Gasteiger partial charge in [0.25, 0.3) is 0 Å². The molecule has 0 fully saturated rings. The lowest BCUT2D eigenvalue weighted by molar-refractivity contribution is 0.242. The Kier molecular flexibility index (Phi) is 7.54. The highest BCUT2D eigenvalue weighted by molar-refractivity contribution is 7.89. The fraction of sp³-hybridized carbons (Fsp3) is 0.368. The maximum atomic E-state index is 12.9. The summed E-state index contributed by atoms with van der Waals surface area (Å²) in [5.74, 6) is 0.623. The SMILES string of the molecule is CC(C)Oc1ccc(S(=O)(=O)NC(CN(C)C)c2ccc(Cl)c(Cl)c2)cc1. The van der Waals surface area contributed by atoms with E-state index in [1.807, 2.05) is 32.8 Å². The molecular formula is C19H24Cl2N2O3S. The van der Waals surface area contributed by atoms with Gasteiger partial charge in [0, 0.05) is 6.54 Å². The molecule has 2 aromatic rings. The quantitative estimate of drug-likeness (QED) is 0.675. The molecule has 1 unspecified atom stereocenters.